The Morgan fingerprint density at radius 3 is 0.937 bits per heavy atom. The number of anilines is 1. The molecule has 0 radical (unpaired) electrons. The number of carbonyl (C=O) groups is 2. The second-order valence-corrected chi connectivity index (χ2v) is 19.8. The minimum Gasteiger partial charge on any atom is -0.372 e. The van der Waals surface area contributed by atoms with Gasteiger partial charge in [0.2, 0.25) is 0 Å². The van der Waals surface area contributed by atoms with Crippen molar-refractivity contribution in [1.29, 1.82) is 0 Å². The standard InChI is InChI=1S/C59H100N2O2/c1-3-5-7-9-11-13-15-17-19-21-23-25-27-29-31-33-35-37-39-43-50-60(55-47-45-46-54(52-55)53-61-58(62)56-48-41-42-49-57(56)59(61)63)51-44-40-38-36-34-32-30-28-26-24-22-20-18-16-14-12-10-8-6-4-2/h41-42,45-49,52H,3-40,43-44,50-51,53H2,1-2H3. The predicted octanol–water partition coefficient (Wildman–Crippen LogP) is 18.9. The van der Waals surface area contributed by atoms with Crippen molar-refractivity contribution in [3.8, 4) is 0 Å². The Bertz CT molecular complexity index is 1310. The number of nitrogens with zero attached hydrogens (tertiary/aromatic N) is 2. The van der Waals surface area contributed by atoms with Crippen LogP contribution in [0.2, 0.25) is 0 Å². The number of hydrogen-bond acceptors (Lipinski definition) is 3. The van der Waals surface area contributed by atoms with E-state index in [1.165, 1.54) is 267 Å². The van der Waals surface area contributed by atoms with Crippen molar-refractivity contribution in [1.82, 2.24) is 4.90 Å². The third kappa shape index (κ3) is 26.2. The molecule has 3 rings (SSSR count). The summed E-state index contributed by atoms with van der Waals surface area (Å²) in [4.78, 5) is 30.3. The van der Waals surface area contributed by atoms with E-state index in [1.54, 1.807) is 12.1 Å². The second-order valence-electron chi connectivity index (χ2n) is 19.8. The van der Waals surface area contributed by atoms with Crippen molar-refractivity contribution in [2.24, 2.45) is 0 Å². The van der Waals surface area contributed by atoms with Gasteiger partial charge in [-0.15, -0.1) is 0 Å². The molecule has 4 heteroatoms. The molecule has 0 fully saturated rings. The number of benzene rings is 2. The first-order valence-electron chi connectivity index (χ1n) is 27.9. The number of rotatable bonds is 45. The monoisotopic (exact) mass is 869 g/mol. The molecule has 0 aromatic heterocycles. The molecule has 1 aliphatic rings. The molecular weight excluding hydrogens is 769 g/mol. The zero-order valence-electron chi connectivity index (χ0n) is 41.7. The third-order valence-corrected chi connectivity index (χ3v) is 14.1. The van der Waals surface area contributed by atoms with Crippen LogP contribution in [0.3, 0.4) is 0 Å². The van der Waals surface area contributed by atoms with E-state index in [2.05, 4.69) is 43.0 Å². The molecule has 2 aromatic rings. The smallest absolute Gasteiger partial charge is 0.261 e. The van der Waals surface area contributed by atoms with Gasteiger partial charge in [-0.1, -0.05) is 282 Å². The first-order valence-corrected chi connectivity index (χ1v) is 27.9. The van der Waals surface area contributed by atoms with Gasteiger partial charge in [-0.3, -0.25) is 14.5 Å². The second kappa shape index (κ2) is 38.6. The molecule has 2 amide bonds. The molecule has 0 N–H and O–H groups in total. The molecule has 63 heavy (non-hydrogen) atoms. The lowest BCUT2D eigenvalue weighted by molar-refractivity contribution is 0.0642. The number of carbonyl (C=O) groups excluding carboxylic acids is 2. The van der Waals surface area contributed by atoms with Gasteiger partial charge in [0, 0.05) is 18.8 Å². The molecule has 0 spiro atoms. The fourth-order valence-electron chi connectivity index (χ4n) is 9.90. The van der Waals surface area contributed by atoms with E-state index < -0.39 is 0 Å². The van der Waals surface area contributed by atoms with E-state index in [1.807, 2.05) is 12.1 Å². The fraction of sp³-hybridized carbons (Fsp3) is 0.763. The van der Waals surface area contributed by atoms with E-state index in [0.29, 0.717) is 17.7 Å². The summed E-state index contributed by atoms with van der Waals surface area (Å²) in [5.41, 5.74) is 3.32. The molecule has 1 heterocycles. The minimum atomic E-state index is -0.174. The Labute approximate surface area is 390 Å². The van der Waals surface area contributed by atoms with Crippen molar-refractivity contribution >= 4 is 17.5 Å². The summed E-state index contributed by atoms with van der Waals surface area (Å²) in [5, 5.41) is 0. The normalized spacial score (nSPS) is 12.5. The Balaban J connectivity index is 1.27. The Morgan fingerprint density at radius 2 is 0.635 bits per heavy atom. The number of unbranched alkanes of at least 4 members (excludes halogenated alkanes) is 38. The van der Waals surface area contributed by atoms with Crippen LogP contribution in [0, 0.1) is 0 Å². The molecule has 2 aromatic carbocycles. The zero-order chi connectivity index (χ0) is 44.7. The first-order chi connectivity index (χ1) is 31.2. The van der Waals surface area contributed by atoms with E-state index in [0.717, 1.165) is 18.7 Å². The van der Waals surface area contributed by atoms with Crippen LogP contribution in [0.5, 0.6) is 0 Å². The van der Waals surface area contributed by atoms with Gasteiger partial charge in [0.05, 0.1) is 17.7 Å². The van der Waals surface area contributed by atoms with Crippen molar-refractivity contribution < 1.29 is 9.59 Å². The van der Waals surface area contributed by atoms with Crippen LogP contribution in [0.15, 0.2) is 48.5 Å². The summed E-state index contributed by atoms with van der Waals surface area (Å²) in [7, 11) is 0. The van der Waals surface area contributed by atoms with Gasteiger partial charge < -0.3 is 4.90 Å². The molecule has 0 atom stereocenters. The van der Waals surface area contributed by atoms with Gasteiger partial charge in [-0.25, -0.2) is 0 Å². The van der Waals surface area contributed by atoms with Gasteiger partial charge >= 0.3 is 0 Å². The van der Waals surface area contributed by atoms with Crippen LogP contribution in [-0.2, 0) is 6.54 Å². The molecule has 0 saturated heterocycles. The van der Waals surface area contributed by atoms with Gasteiger partial charge in [-0.05, 0) is 42.7 Å². The molecule has 1 aliphatic heterocycles. The molecule has 0 bridgehead atoms. The average Bonchev–Trinajstić information content (AvgIpc) is 3.54. The number of hydrogen-bond donors (Lipinski definition) is 0. The maximum Gasteiger partial charge on any atom is 0.261 e. The topological polar surface area (TPSA) is 40.6 Å². The molecule has 4 nitrogen and oxygen atoms in total. The highest BCUT2D eigenvalue weighted by molar-refractivity contribution is 6.21. The molecule has 0 unspecified atom stereocenters. The molecule has 358 valence electrons. The maximum atomic E-state index is 13.1. The fourth-order valence-corrected chi connectivity index (χ4v) is 9.90. The summed E-state index contributed by atoms with van der Waals surface area (Å²) in [6.45, 7) is 7.09. The summed E-state index contributed by atoms with van der Waals surface area (Å²) < 4.78 is 0. The number of amides is 2. The first kappa shape index (κ1) is 54.7. The van der Waals surface area contributed by atoms with Gasteiger partial charge in [0.1, 0.15) is 0 Å². The Kier molecular flexibility index (Phi) is 33.5. The highest BCUT2D eigenvalue weighted by Crippen LogP contribution is 2.27. The van der Waals surface area contributed by atoms with E-state index in [4.69, 9.17) is 0 Å². The molecule has 0 saturated carbocycles. The number of fused-ring (bicyclic) bond motifs is 1. The van der Waals surface area contributed by atoms with Crippen LogP contribution in [-0.4, -0.2) is 29.8 Å². The lowest BCUT2D eigenvalue weighted by atomic mass is 10.0. The Morgan fingerprint density at radius 1 is 0.349 bits per heavy atom. The molecular formula is C59H100N2O2. The van der Waals surface area contributed by atoms with E-state index in [-0.39, 0.29) is 11.8 Å². The van der Waals surface area contributed by atoms with Gasteiger partial charge in [-0.2, -0.15) is 0 Å². The van der Waals surface area contributed by atoms with Crippen LogP contribution >= 0.6 is 0 Å². The minimum absolute atomic E-state index is 0.174. The lowest BCUT2D eigenvalue weighted by Gasteiger charge is -2.26. The van der Waals surface area contributed by atoms with E-state index in [9.17, 15) is 9.59 Å². The summed E-state index contributed by atoms with van der Waals surface area (Å²) in [6.07, 6.45) is 56.3. The SMILES string of the molecule is CCCCCCCCCCCCCCCCCCCCCCN(CCCCCCCCCCCCCCCCCCCCCC)c1cccc(CN2C(=O)c3ccccc3C2=O)c1. The lowest BCUT2D eigenvalue weighted by Crippen LogP contribution is -2.29. The zero-order valence-corrected chi connectivity index (χ0v) is 41.7. The summed E-state index contributed by atoms with van der Waals surface area (Å²) in [6, 6.07) is 15.9. The third-order valence-electron chi connectivity index (χ3n) is 14.1. The van der Waals surface area contributed by atoms with Crippen molar-refractivity contribution in [2.75, 3.05) is 18.0 Å². The van der Waals surface area contributed by atoms with Crippen LogP contribution < -0.4 is 4.90 Å². The summed E-state index contributed by atoms with van der Waals surface area (Å²) >= 11 is 0. The van der Waals surface area contributed by atoms with Crippen molar-refractivity contribution in [2.45, 2.75) is 277 Å². The predicted molar refractivity (Wildman–Crippen MR) is 275 cm³/mol. The van der Waals surface area contributed by atoms with Crippen molar-refractivity contribution in [3.05, 3.63) is 65.2 Å². The van der Waals surface area contributed by atoms with E-state index >= 15 is 0 Å². The summed E-state index contributed by atoms with van der Waals surface area (Å²) in [5.74, 6) is -0.349. The van der Waals surface area contributed by atoms with Crippen LogP contribution in [0.4, 0.5) is 5.69 Å². The van der Waals surface area contributed by atoms with Crippen molar-refractivity contribution in [3.63, 3.8) is 0 Å². The average molecular weight is 869 g/mol. The highest BCUT2D eigenvalue weighted by atomic mass is 16.2. The van der Waals surface area contributed by atoms with Gasteiger partial charge in [0.15, 0.2) is 0 Å². The van der Waals surface area contributed by atoms with Gasteiger partial charge in [0.25, 0.3) is 11.8 Å². The van der Waals surface area contributed by atoms with Crippen LogP contribution in [0.1, 0.15) is 297 Å². The largest absolute Gasteiger partial charge is 0.372 e. The number of imide groups is 1. The Hall–Kier alpha value is -2.62. The molecule has 0 aliphatic carbocycles. The van der Waals surface area contributed by atoms with Crippen LogP contribution in [0.25, 0.3) is 0 Å². The quantitative estimate of drug-likeness (QED) is 0.0492. The highest BCUT2D eigenvalue weighted by Gasteiger charge is 2.35. The maximum absolute atomic E-state index is 13.1.